The predicted molar refractivity (Wildman–Crippen MR) is 101 cm³/mol. The maximum Gasteiger partial charge on any atom is 0.416 e. The van der Waals surface area contributed by atoms with Crippen molar-refractivity contribution < 1.29 is 13.2 Å². The van der Waals surface area contributed by atoms with E-state index in [9.17, 15) is 13.2 Å². The molecule has 2 atom stereocenters. The zero-order valence-electron chi connectivity index (χ0n) is 14.9. The summed E-state index contributed by atoms with van der Waals surface area (Å²) in [7, 11) is 1.70. The second-order valence-electron chi connectivity index (χ2n) is 6.79. The summed E-state index contributed by atoms with van der Waals surface area (Å²) in [5.41, 5.74) is 0.596. The van der Waals surface area contributed by atoms with Crippen molar-refractivity contribution in [2.45, 2.75) is 24.6 Å². The molecule has 1 heterocycles. The molecule has 0 aromatic heterocycles. The molecule has 0 saturated carbocycles. The van der Waals surface area contributed by atoms with Crippen LogP contribution < -0.4 is 5.32 Å². The number of rotatable bonds is 2. The van der Waals surface area contributed by atoms with E-state index in [2.05, 4.69) is 11.9 Å². The number of alkyl halides is 3. The highest BCUT2D eigenvalue weighted by Crippen LogP contribution is 2.45. The number of hydrogen-bond donors (Lipinski definition) is 2. The Hall–Kier alpha value is -2.47. The van der Waals surface area contributed by atoms with Crippen molar-refractivity contribution in [3.05, 3.63) is 82.5 Å². The quantitative estimate of drug-likeness (QED) is 0.722. The Labute approximate surface area is 161 Å². The summed E-state index contributed by atoms with van der Waals surface area (Å²) >= 11 is 6.15. The van der Waals surface area contributed by atoms with E-state index in [-0.39, 0.29) is 5.96 Å². The molecule has 0 amide bonds. The molecular weight excluding hydrogens is 375 g/mol. The van der Waals surface area contributed by atoms with Gasteiger partial charge in [-0.25, -0.2) is 0 Å². The Morgan fingerprint density at radius 3 is 2.37 bits per heavy atom. The molecule has 7 heteroatoms. The van der Waals surface area contributed by atoms with Gasteiger partial charge >= 0.3 is 6.18 Å². The summed E-state index contributed by atoms with van der Waals surface area (Å²) in [6.07, 6.45) is -4.39. The van der Waals surface area contributed by atoms with Crippen LogP contribution in [0.2, 0.25) is 5.02 Å². The highest BCUT2D eigenvalue weighted by molar-refractivity contribution is 6.30. The van der Waals surface area contributed by atoms with E-state index < -0.39 is 23.2 Å². The highest BCUT2D eigenvalue weighted by Gasteiger charge is 2.45. The molecule has 2 aromatic carbocycles. The van der Waals surface area contributed by atoms with Crippen molar-refractivity contribution in [1.82, 2.24) is 10.2 Å². The van der Waals surface area contributed by atoms with Gasteiger partial charge in [0.2, 0.25) is 0 Å². The lowest BCUT2D eigenvalue weighted by Crippen LogP contribution is -2.58. The Morgan fingerprint density at radius 1 is 1.19 bits per heavy atom. The largest absolute Gasteiger partial charge is 0.416 e. The summed E-state index contributed by atoms with van der Waals surface area (Å²) < 4.78 is 38.8. The summed E-state index contributed by atoms with van der Waals surface area (Å²) in [6.45, 7) is 6.00. The molecule has 1 fully saturated rings. The number of nitrogens with one attached hydrogen (secondary N) is 2. The molecule has 2 aromatic rings. The lowest BCUT2D eigenvalue weighted by atomic mass is 9.72. The summed E-state index contributed by atoms with van der Waals surface area (Å²) in [4.78, 5) is 1.59. The number of likely N-dealkylation sites (N-methyl/N-ethyl adjacent to an activating group) is 1. The topological polar surface area (TPSA) is 39.1 Å². The maximum atomic E-state index is 12.9. The van der Waals surface area contributed by atoms with Crippen LogP contribution in [0, 0.1) is 5.41 Å². The standard InChI is InChI=1S/C20H19ClF3N3/c1-12-17(13-7-9-14(10-8-13)20(22,23)24)19(2,26-18(25)27(12)3)15-5-4-6-16(21)11-15/h4-11,17H,1H2,2-3H3,(H2,25,26)/t17-,19+/m0/s1. The first-order valence-electron chi connectivity index (χ1n) is 8.26. The zero-order chi connectivity index (χ0) is 20.0. The van der Waals surface area contributed by atoms with Crippen molar-refractivity contribution >= 4 is 17.6 Å². The van der Waals surface area contributed by atoms with Gasteiger partial charge in [-0.2, -0.15) is 13.2 Å². The fourth-order valence-corrected chi connectivity index (χ4v) is 3.70. The minimum Gasteiger partial charge on any atom is -0.346 e. The highest BCUT2D eigenvalue weighted by atomic mass is 35.5. The van der Waals surface area contributed by atoms with Gasteiger partial charge < -0.3 is 10.2 Å². The van der Waals surface area contributed by atoms with Gasteiger partial charge in [0.25, 0.3) is 0 Å². The van der Waals surface area contributed by atoms with Crippen LogP contribution >= 0.6 is 11.6 Å². The zero-order valence-corrected chi connectivity index (χ0v) is 15.6. The minimum absolute atomic E-state index is 0.158. The Bertz CT molecular complexity index is 892. The van der Waals surface area contributed by atoms with E-state index in [0.717, 1.165) is 17.7 Å². The number of benzene rings is 2. The predicted octanol–water partition coefficient (Wildman–Crippen LogP) is 5.34. The average molecular weight is 394 g/mol. The monoisotopic (exact) mass is 393 g/mol. The van der Waals surface area contributed by atoms with Crippen molar-refractivity contribution in [3.8, 4) is 0 Å². The maximum absolute atomic E-state index is 12.9. The van der Waals surface area contributed by atoms with E-state index in [1.807, 2.05) is 13.0 Å². The summed E-state index contributed by atoms with van der Waals surface area (Å²) in [6, 6.07) is 12.3. The number of guanidine groups is 1. The van der Waals surface area contributed by atoms with Crippen LogP contribution in [0.3, 0.4) is 0 Å². The van der Waals surface area contributed by atoms with Crippen molar-refractivity contribution in [3.63, 3.8) is 0 Å². The van der Waals surface area contributed by atoms with E-state index in [4.69, 9.17) is 17.0 Å². The van der Waals surface area contributed by atoms with Gasteiger partial charge in [0.15, 0.2) is 5.96 Å². The van der Waals surface area contributed by atoms with Crippen LogP contribution in [0.15, 0.2) is 60.8 Å². The van der Waals surface area contributed by atoms with Crippen LogP contribution in [0.4, 0.5) is 13.2 Å². The Kier molecular flexibility index (Phi) is 4.72. The first-order chi connectivity index (χ1) is 12.5. The van der Waals surface area contributed by atoms with Gasteiger partial charge in [0.1, 0.15) is 0 Å². The molecule has 0 unspecified atom stereocenters. The third-order valence-corrected chi connectivity index (χ3v) is 5.29. The van der Waals surface area contributed by atoms with Gasteiger partial charge in [-0.1, -0.05) is 42.4 Å². The average Bonchev–Trinajstić information content (AvgIpc) is 2.59. The van der Waals surface area contributed by atoms with E-state index in [0.29, 0.717) is 16.3 Å². The van der Waals surface area contributed by atoms with Crippen molar-refractivity contribution in [2.24, 2.45) is 0 Å². The first-order valence-corrected chi connectivity index (χ1v) is 8.64. The second-order valence-corrected chi connectivity index (χ2v) is 7.23. The van der Waals surface area contributed by atoms with Crippen LogP contribution in [0.25, 0.3) is 0 Å². The fraction of sp³-hybridized carbons (Fsp3) is 0.250. The molecule has 3 rings (SSSR count). The molecule has 3 nitrogen and oxygen atoms in total. The van der Waals surface area contributed by atoms with Gasteiger partial charge in [0.05, 0.1) is 17.0 Å². The van der Waals surface area contributed by atoms with Crippen molar-refractivity contribution in [2.75, 3.05) is 7.05 Å². The molecule has 1 saturated heterocycles. The van der Waals surface area contributed by atoms with Gasteiger partial charge in [-0.05, 0) is 42.3 Å². The minimum atomic E-state index is -4.39. The molecule has 1 aliphatic heterocycles. The van der Waals surface area contributed by atoms with E-state index in [1.54, 1.807) is 30.1 Å². The van der Waals surface area contributed by atoms with Gasteiger partial charge in [0, 0.05) is 17.8 Å². The van der Waals surface area contributed by atoms with E-state index in [1.165, 1.54) is 12.1 Å². The molecule has 142 valence electrons. The summed E-state index contributed by atoms with van der Waals surface area (Å²) in [5, 5.41) is 11.9. The molecular formula is C20H19ClF3N3. The van der Waals surface area contributed by atoms with Crippen LogP contribution in [-0.2, 0) is 11.7 Å². The Morgan fingerprint density at radius 2 is 1.81 bits per heavy atom. The fourth-order valence-electron chi connectivity index (χ4n) is 3.51. The third kappa shape index (κ3) is 3.41. The van der Waals surface area contributed by atoms with Crippen molar-refractivity contribution in [1.29, 1.82) is 5.41 Å². The molecule has 27 heavy (non-hydrogen) atoms. The van der Waals surface area contributed by atoms with Crippen LogP contribution in [0.1, 0.15) is 29.5 Å². The molecule has 0 spiro atoms. The number of nitrogens with zero attached hydrogens (tertiary/aromatic N) is 1. The third-order valence-electron chi connectivity index (χ3n) is 5.05. The molecule has 1 aliphatic rings. The van der Waals surface area contributed by atoms with Crippen LogP contribution in [-0.4, -0.2) is 17.9 Å². The molecule has 0 aliphatic carbocycles. The SMILES string of the molecule is C=C1[C@@H](c2ccc(C(F)(F)F)cc2)[C@@](C)(c2cccc(Cl)c2)NC(=N)N1C. The smallest absolute Gasteiger partial charge is 0.346 e. The second kappa shape index (κ2) is 6.60. The first kappa shape index (κ1) is 19.3. The van der Waals surface area contributed by atoms with Gasteiger partial charge in [-0.15, -0.1) is 0 Å². The molecule has 2 N–H and O–H groups in total. The Balaban J connectivity index is 2.13. The molecule has 0 radical (unpaired) electrons. The van der Waals surface area contributed by atoms with E-state index >= 15 is 0 Å². The summed E-state index contributed by atoms with van der Waals surface area (Å²) in [5.74, 6) is -0.233. The number of hydrogen-bond acceptors (Lipinski definition) is 1. The number of halogens is 4. The van der Waals surface area contributed by atoms with Crippen LogP contribution in [0.5, 0.6) is 0 Å². The lowest BCUT2D eigenvalue weighted by Gasteiger charge is -2.48. The lowest BCUT2D eigenvalue weighted by molar-refractivity contribution is -0.137. The normalized spacial score (nSPS) is 23.3. The molecule has 0 bridgehead atoms. The van der Waals surface area contributed by atoms with Gasteiger partial charge in [-0.3, -0.25) is 5.41 Å².